The van der Waals surface area contributed by atoms with Crippen LogP contribution in [0.2, 0.25) is 0 Å². The maximum absolute atomic E-state index is 5.64. The van der Waals surface area contributed by atoms with Crippen LogP contribution in [-0.2, 0) is 18.5 Å². The molecule has 0 spiro atoms. The number of hydrogen-bond donors (Lipinski definition) is 0. The molecule has 4 rings (SSSR count). The second kappa shape index (κ2) is 7.69. The van der Waals surface area contributed by atoms with Crippen LogP contribution in [0.15, 0.2) is 72.8 Å². The van der Waals surface area contributed by atoms with Gasteiger partial charge in [-0.15, -0.1) is 0 Å². The minimum Gasteiger partial charge on any atom is -0.493 e. The van der Waals surface area contributed by atoms with E-state index in [1.165, 1.54) is 22.3 Å². The maximum atomic E-state index is 5.64. The smallest absolute Gasteiger partial charge is 0.161 e. The normalized spacial score (nSPS) is 19.1. The van der Waals surface area contributed by atoms with Gasteiger partial charge in [-0.2, -0.15) is 0 Å². The summed E-state index contributed by atoms with van der Waals surface area (Å²) in [6, 6.07) is 25.8. The van der Waals surface area contributed by atoms with Gasteiger partial charge < -0.3 is 9.47 Å². The van der Waals surface area contributed by atoms with Gasteiger partial charge in [-0.25, -0.2) is 0 Å². The fraction of sp³-hybridized carbons (Fsp3) is 0.280. The molecule has 0 N–H and O–H groups in total. The van der Waals surface area contributed by atoms with Crippen molar-refractivity contribution in [3.8, 4) is 11.5 Å². The molecular weight excluding hydrogens is 346 g/mol. The average molecular weight is 373 g/mol. The molecule has 144 valence electrons. The van der Waals surface area contributed by atoms with E-state index >= 15 is 0 Å². The highest BCUT2D eigenvalue weighted by molar-refractivity contribution is 5.54. The average Bonchev–Trinajstić information content (AvgIpc) is 2.76. The first-order valence-electron chi connectivity index (χ1n) is 9.76. The first-order valence-corrected chi connectivity index (χ1v) is 9.76. The van der Waals surface area contributed by atoms with Gasteiger partial charge in [0, 0.05) is 13.1 Å². The van der Waals surface area contributed by atoms with Crippen molar-refractivity contribution in [2.75, 3.05) is 20.8 Å². The van der Waals surface area contributed by atoms with Crippen LogP contribution in [0.3, 0.4) is 0 Å². The van der Waals surface area contributed by atoms with E-state index < -0.39 is 0 Å². The van der Waals surface area contributed by atoms with Crippen LogP contribution in [0, 0.1) is 0 Å². The van der Waals surface area contributed by atoms with Crippen LogP contribution >= 0.6 is 0 Å². The lowest BCUT2D eigenvalue weighted by Crippen LogP contribution is -2.49. The van der Waals surface area contributed by atoms with Crippen LogP contribution in [0.5, 0.6) is 11.5 Å². The van der Waals surface area contributed by atoms with Crippen LogP contribution < -0.4 is 9.47 Å². The summed E-state index contributed by atoms with van der Waals surface area (Å²) < 4.78 is 11.2. The molecule has 0 aromatic heterocycles. The zero-order chi connectivity index (χ0) is 19.6. The van der Waals surface area contributed by atoms with Crippen LogP contribution in [0.4, 0.5) is 0 Å². The van der Waals surface area contributed by atoms with Crippen molar-refractivity contribution in [3.05, 3.63) is 95.1 Å². The third-order valence-electron chi connectivity index (χ3n) is 5.97. The lowest BCUT2D eigenvalue weighted by Gasteiger charge is -2.47. The van der Waals surface area contributed by atoms with E-state index in [1.807, 2.05) is 0 Å². The number of benzene rings is 3. The van der Waals surface area contributed by atoms with Crippen LogP contribution in [0.25, 0.3) is 0 Å². The van der Waals surface area contributed by atoms with E-state index in [0.29, 0.717) is 0 Å². The third-order valence-corrected chi connectivity index (χ3v) is 5.97. The highest BCUT2D eigenvalue weighted by Gasteiger charge is 2.40. The summed E-state index contributed by atoms with van der Waals surface area (Å²) in [4.78, 5) is 2.58. The summed E-state index contributed by atoms with van der Waals surface area (Å²) in [6.45, 7) is 4.22. The molecule has 1 aliphatic rings. The van der Waals surface area contributed by atoms with E-state index in [1.54, 1.807) is 14.2 Å². The Morgan fingerprint density at radius 2 is 1.46 bits per heavy atom. The summed E-state index contributed by atoms with van der Waals surface area (Å²) >= 11 is 0. The van der Waals surface area contributed by atoms with Gasteiger partial charge in [-0.1, -0.05) is 60.7 Å². The van der Waals surface area contributed by atoms with Crippen molar-refractivity contribution in [3.63, 3.8) is 0 Å². The molecule has 0 bridgehead atoms. The van der Waals surface area contributed by atoms with Crippen molar-refractivity contribution < 1.29 is 9.47 Å². The molecule has 1 atom stereocenters. The monoisotopic (exact) mass is 373 g/mol. The second-order valence-corrected chi connectivity index (χ2v) is 7.46. The molecule has 0 radical (unpaired) electrons. The Morgan fingerprint density at radius 1 is 0.857 bits per heavy atom. The van der Waals surface area contributed by atoms with Gasteiger partial charge in [0.05, 0.1) is 19.8 Å². The van der Waals surface area contributed by atoms with Crippen molar-refractivity contribution >= 4 is 0 Å². The Morgan fingerprint density at radius 3 is 2.11 bits per heavy atom. The molecule has 0 amide bonds. The number of hydrogen-bond acceptors (Lipinski definition) is 3. The van der Waals surface area contributed by atoms with Crippen LogP contribution in [0.1, 0.15) is 29.2 Å². The molecule has 3 nitrogen and oxygen atoms in total. The van der Waals surface area contributed by atoms with Crippen molar-refractivity contribution in [1.82, 2.24) is 4.90 Å². The maximum Gasteiger partial charge on any atom is 0.161 e. The summed E-state index contributed by atoms with van der Waals surface area (Å²) in [7, 11) is 3.40. The summed E-state index contributed by atoms with van der Waals surface area (Å²) in [5, 5.41) is 0. The predicted octanol–water partition coefficient (Wildman–Crippen LogP) is 5.03. The molecule has 3 aromatic rings. The summed E-state index contributed by atoms with van der Waals surface area (Å²) in [5.74, 6) is 1.58. The minimum atomic E-state index is -0.246. The highest BCUT2D eigenvalue weighted by Crippen LogP contribution is 2.45. The predicted molar refractivity (Wildman–Crippen MR) is 113 cm³/mol. The minimum absolute atomic E-state index is 0.246. The van der Waals surface area contributed by atoms with Gasteiger partial charge in [0.2, 0.25) is 0 Å². The molecule has 1 heterocycles. The Kier molecular flexibility index (Phi) is 5.10. The van der Waals surface area contributed by atoms with E-state index in [-0.39, 0.29) is 5.54 Å². The molecular formula is C25H27NO2. The Bertz CT molecular complexity index is 940. The molecule has 0 fully saturated rings. The largest absolute Gasteiger partial charge is 0.493 e. The lowest BCUT2D eigenvalue weighted by molar-refractivity contribution is 0.117. The van der Waals surface area contributed by atoms with Gasteiger partial charge >= 0.3 is 0 Å². The molecule has 0 saturated heterocycles. The lowest BCUT2D eigenvalue weighted by atomic mass is 9.76. The quantitative estimate of drug-likeness (QED) is 0.626. The number of nitrogens with zero attached hydrogens (tertiary/aromatic N) is 1. The number of methoxy groups -OCH3 is 2. The Hall–Kier alpha value is -2.78. The van der Waals surface area contributed by atoms with Gasteiger partial charge in [0.1, 0.15) is 0 Å². The van der Waals surface area contributed by atoms with E-state index in [2.05, 4.69) is 84.6 Å². The second-order valence-electron chi connectivity index (χ2n) is 7.46. The Labute approximate surface area is 167 Å². The van der Waals surface area contributed by atoms with Gasteiger partial charge in [0.15, 0.2) is 11.5 Å². The third kappa shape index (κ3) is 3.16. The first-order chi connectivity index (χ1) is 13.7. The molecule has 0 saturated carbocycles. The molecule has 1 aliphatic heterocycles. The van der Waals surface area contributed by atoms with Crippen molar-refractivity contribution in [2.24, 2.45) is 0 Å². The molecule has 28 heavy (non-hydrogen) atoms. The topological polar surface area (TPSA) is 21.7 Å². The van der Waals surface area contributed by atoms with E-state index in [0.717, 1.165) is 31.0 Å². The fourth-order valence-electron chi connectivity index (χ4n) is 4.37. The SMILES string of the molecule is COc1cc2c(cc1OC)C(C)(c1ccccc1)N(Cc1ccccc1)CC2. The fourth-order valence-corrected chi connectivity index (χ4v) is 4.37. The Balaban J connectivity index is 1.86. The van der Waals surface area contributed by atoms with E-state index in [9.17, 15) is 0 Å². The molecule has 3 heteroatoms. The number of fused-ring (bicyclic) bond motifs is 1. The zero-order valence-electron chi connectivity index (χ0n) is 16.8. The number of rotatable bonds is 5. The highest BCUT2D eigenvalue weighted by atomic mass is 16.5. The van der Waals surface area contributed by atoms with Gasteiger partial charge in [-0.3, -0.25) is 4.90 Å². The summed E-state index contributed by atoms with van der Waals surface area (Å²) in [5.41, 5.74) is 4.99. The van der Waals surface area contributed by atoms with Gasteiger partial charge in [0.25, 0.3) is 0 Å². The summed E-state index contributed by atoms with van der Waals surface area (Å²) in [6.07, 6.45) is 0.991. The zero-order valence-corrected chi connectivity index (χ0v) is 16.8. The number of ether oxygens (including phenoxy) is 2. The van der Waals surface area contributed by atoms with Gasteiger partial charge in [-0.05, 0) is 47.7 Å². The van der Waals surface area contributed by atoms with Crippen molar-refractivity contribution in [2.45, 2.75) is 25.4 Å². The molecule has 1 unspecified atom stereocenters. The van der Waals surface area contributed by atoms with Crippen molar-refractivity contribution in [1.29, 1.82) is 0 Å². The molecule has 0 aliphatic carbocycles. The van der Waals surface area contributed by atoms with E-state index in [4.69, 9.17) is 9.47 Å². The molecule has 3 aromatic carbocycles. The first kappa shape index (κ1) is 18.6. The van der Waals surface area contributed by atoms with Crippen LogP contribution in [-0.4, -0.2) is 25.7 Å². The standard InChI is InChI=1S/C25H27NO2/c1-25(21-12-8-5-9-13-21)22-17-24(28-3)23(27-2)16-20(22)14-15-26(25)18-19-10-6-4-7-11-19/h4-13,16-17H,14-15,18H2,1-3H3.